The van der Waals surface area contributed by atoms with E-state index < -0.39 is 0 Å². The Bertz CT molecular complexity index is 698. The van der Waals surface area contributed by atoms with Gasteiger partial charge in [-0.25, -0.2) is 9.97 Å². The molecule has 0 atom stereocenters. The van der Waals surface area contributed by atoms with Crippen LogP contribution in [-0.2, 0) is 0 Å². The van der Waals surface area contributed by atoms with Gasteiger partial charge in [-0.15, -0.1) is 0 Å². The maximum absolute atomic E-state index is 12.4. The summed E-state index contributed by atoms with van der Waals surface area (Å²) in [5, 5.41) is 3.39. The van der Waals surface area contributed by atoms with Crippen molar-refractivity contribution in [2.75, 3.05) is 23.3 Å². The van der Waals surface area contributed by atoms with Crippen molar-refractivity contribution >= 4 is 29.1 Å². The minimum atomic E-state index is -0.256. The zero-order valence-electron chi connectivity index (χ0n) is 12.3. The van der Waals surface area contributed by atoms with Crippen molar-refractivity contribution in [3.63, 3.8) is 0 Å². The topological polar surface area (TPSA) is 58.1 Å². The van der Waals surface area contributed by atoms with Crippen LogP contribution < -0.4 is 10.2 Å². The fraction of sp³-hybridized carbons (Fsp3) is 0.312. The molecule has 1 aliphatic heterocycles. The lowest BCUT2D eigenvalue weighted by Crippen LogP contribution is -2.23. The number of hydrogen-bond donors (Lipinski definition) is 1. The maximum Gasteiger partial charge on any atom is 0.274 e. The second-order valence-electron chi connectivity index (χ2n) is 5.35. The molecular formula is C16H17ClN4O. The van der Waals surface area contributed by atoms with E-state index in [1.54, 1.807) is 30.3 Å². The number of nitrogens with one attached hydrogen (secondary N) is 1. The monoisotopic (exact) mass is 316 g/mol. The number of aryl methyl sites for hydroxylation is 1. The second-order valence-corrected chi connectivity index (χ2v) is 5.79. The molecule has 1 fully saturated rings. The van der Waals surface area contributed by atoms with Crippen LogP contribution in [0, 0.1) is 6.92 Å². The number of carbonyl (C=O) groups excluding carboxylic acids is 1. The van der Waals surface area contributed by atoms with E-state index in [4.69, 9.17) is 11.6 Å². The molecule has 2 aromatic rings. The molecule has 22 heavy (non-hydrogen) atoms. The average Bonchev–Trinajstić information content (AvgIpc) is 3.01. The standard InChI is InChI=1S/C16H17ClN4O/c1-11-9-14(20-16(18-11)21-7-2-3-8-21)15(22)19-13-6-4-5-12(17)10-13/h4-6,9-10H,2-3,7-8H2,1H3,(H,19,22). The summed E-state index contributed by atoms with van der Waals surface area (Å²) in [6.45, 7) is 3.76. The number of benzene rings is 1. The van der Waals surface area contributed by atoms with Gasteiger partial charge in [0.25, 0.3) is 5.91 Å². The van der Waals surface area contributed by atoms with Gasteiger partial charge in [0, 0.05) is 29.5 Å². The van der Waals surface area contributed by atoms with Crippen LogP contribution in [0.1, 0.15) is 29.0 Å². The lowest BCUT2D eigenvalue weighted by Gasteiger charge is -2.16. The molecule has 0 saturated carbocycles. The molecule has 0 radical (unpaired) electrons. The van der Waals surface area contributed by atoms with Crippen LogP contribution in [0.15, 0.2) is 30.3 Å². The molecule has 1 amide bonds. The summed E-state index contributed by atoms with van der Waals surface area (Å²) in [5.41, 5.74) is 1.80. The first-order valence-electron chi connectivity index (χ1n) is 7.29. The van der Waals surface area contributed by atoms with Crippen molar-refractivity contribution in [3.8, 4) is 0 Å². The molecule has 1 aromatic carbocycles. The Hall–Kier alpha value is -2.14. The van der Waals surface area contributed by atoms with Crippen molar-refractivity contribution in [1.29, 1.82) is 0 Å². The highest BCUT2D eigenvalue weighted by Gasteiger charge is 2.18. The molecule has 0 spiro atoms. The number of amides is 1. The van der Waals surface area contributed by atoms with Crippen LogP contribution in [0.2, 0.25) is 5.02 Å². The summed E-state index contributed by atoms with van der Waals surface area (Å²) in [6, 6.07) is 8.74. The first-order valence-corrected chi connectivity index (χ1v) is 7.67. The zero-order chi connectivity index (χ0) is 15.5. The SMILES string of the molecule is Cc1cc(C(=O)Nc2cccc(Cl)c2)nc(N2CCCC2)n1. The summed E-state index contributed by atoms with van der Waals surface area (Å²) in [4.78, 5) is 23.3. The molecule has 0 bridgehead atoms. The molecule has 0 unspecified atom stereocenters. The Morgan fingerprint density at radius 3 is 2.73 bits per heavy atom. The van der Waals surface area contributed by atoms with E-state index >= 15 is 0 Å². The Morgan fingerprint density at radius 1 is 1.23 bits per heavy atom. The Balaban J connectivity index is 1.82. The van der Waals surface area contributed by atoms with Gasteiger partial charge < -0.3 is 10.2 Å². The fourth-order valence-electron chi connectivity index (χ4n) is 2.49. The molecule has 5 nitrogen and oxygen atoms in total. The van der Waals surface area contributed by atoms with E-state index in [9.17, 15) is 4.79 Å². The third kappa shape index (κ3) is 3.36. The van der Waals surface area contributed by atoms with Crippen molar-refractivity contribution < 1.29 is 4.79 Å². The van der Waals surface area contributed by atoms with Crippen LogP contribution in [0.3, 0.4) is 0 Å². The average molecular weight is 317 g/mol. The molecular weight excluding hydrogens is 300 g/mol. The predicted octanol–water partition coefficient (Wildman–Crippen LogP) is 3.29. The predicted molar refractivity (Wildman–Crippen MR) is 87.6 cm³/mol. The first kappa shape index (κ1) is 14.8. The largest absolute Gasteiger partial charge is 0.341 e. The molecule has 1 aliphatic rings. The second kappa shape index (κ2) is 6.32. The highest BCUT2D eigenvalue weighted by molar-refractivity contribution is 6.30. The van der Waals surface area contributed by atoms with Gasteiger partial charge >= 0.3 is 0 Å². The molecule has 6 heteroatoms. The van der Waals surface area contributed by atoms with Crippen LogP contribution >= 0.6 is 11.6 Å². The number of halogens is 1. The molecule has 2 heterocycles. The zero-order valence-corrected chi connectivity index (χ0v) is 13.1. The molecule has 1 N–H and O–H groups in total. The third-order valence-electron chi connectivity index (χ3n) is 3.55. The van der Waals surface area contributed by atoms with E-state index in [1.165, 1.54) is 0 Å². The third-order valence-corrected chi connectivity index (χ3v) is 3.78. The summed E-state index contributed by atoms with van der Waals surface area (Å²) in [7, 11) is 0. The van der Waals surface area contributed by atoms with E-state index in [1.807, 2.05) is 6.92 Å². The molecule has 0 aliphatic carbocycles. The van der Waals surface area contributed by atoms with E-state index in [0.717, 1.165) is 31.6 Å². The summed E-state index contributed by atoms with van der Waals surface area (Å²) in [5.74, 6) is 0.377. The minimum absolute atomic E-state index is 0.256. The number of carbonyl (C=O) groups is 1. The molecule has 3 rings (SSSR count). The van der Waals surface area contributed by atoms with Crippen molar-refractivity contribution in [1.82, 2.24) is 9.97 Å². The van der Waals surface area contributed by atoms with Crippen molar-refractivity contribution in [2.45, 2.75) is 19.8 Å². The van der Waals surface area contributed by atoms with Crippen LogP contribution in [0.5, 0.6) is 0 Å². The summed E-state index contributed by atoms with van der Waals surface area (Å²) < 4.78 is 0. The number of anilines is 2. The normalized spacial score (nSPS) is 14.2. The van der Waals surface area contributed by atoms with Crippen molar-refractivity contribution in [3.05, 3.63) is 46.7 Å². The molecule has 1 aromatic heterocycles. The van der Waals surface area contributed by atoms with Gasteiger partial charge in [-0.1, -0.05) is 17.7 Å². The highest BCUT2D eigenvalue weighted by Crippen LogP contribution is 2.18. The lowest BCUT2D eigenvalue weighted by molar-refractivity contribution is 0.102. The number of nitrogens with zero attached hydrogens (tertiary/aromatic N) is 3. The minimum Gasteiger partial charge on any atom is -0.341 e. The van der Waals surface area contributed by atoms with Gasteiger partial charge in [0.15, 0.2) is 0 Å². The Labute approximate surface area is 134 Å². The Kier molecular flexibility index (Phi) is 4.24. The number of aromatic nitrogens is 2. The quantitative estimate of drug-likeness (QED) is 0.944. The first-order chi connectivity index (χ1) is 10.6. The van der Waals surface area contributed by atoms with E-state index in [0.29, 0.717) is 22.4 Å². The lowest BCUT2D eigenvalue weighted by atomic mass is 10.3. The van der Waals surface area contributed by atoms with Crippen molar-refractivity contribution in [2.24, 2.45) is 0 Å². The summed E-state index contributed by atoms with van der Waals surface area (Å²) >= 11 is 5.93. The highest BCUT2D eigenvalue weighted by atomic mass is 35.5. The van der Waals surface area contributed by atoms with Crippen LogP contribution in [-0.4, -0.2) is 29.0 Å². The van der Waals surface area contributed by atoms with Crippen LogP contribution in [0.4, 0.5) is 11.6 Å². The van der Waals surface area contributed by atoms with Gasteiger partial charge in [0.2, 0.25) is 5.95 Å². The maximum atomic E-state index is 12.4. The van der Waals surface area contributed by atoms with E-state index in [-0.39, 0.29) is 5.91 Å². The smallest absolute Gasteiger partial charge is 0.274 e. The molecule has 114 valence electrons. The number of rotatable bonds is 3. The summed E-state index contributed by atoms with van der Waals surface area (Å²) in [6.07, 6.45) is 2.28. The van der Waals surface area contributed by atoms with Gasteiger partial charge in [-0.3, -0.25) is 4.79 Å². The van der Waals surface area contributed by atoms with E-state index in [2.05, 4.69) is 20.2 Å². The van der Waals surface area contributed by atoms with Gasteiger partial charge in [0.05, 0.1) is 0 Å². The number of hydrogen-bond acceptors (Lipinski definition) is 4. The molecule has 1 saturated heterocycles. The van der Waals surface area contributed by atoms with Gasteiger partial charge in [-0.05, 0) is 44.0 Å². The van der Waals surface area contributed by atoms with Gasteiger partial charge in [0.1, 0.15) is 5.69 Å². The fourth-order valence-corrected chi connectivity index (χ4v) is 2.68. The van der Waals surface area contributed by atoms with Gasteiger partial charge in [-0.2, -0.15) is 0 Å². The van der Waals surface area contributed by atoms with Crippen LogP contribution in [0.25, 0.3) is 0 Å². The Morgan fingerprint density at radius 2 is 2.00 bits per heavy atom.